The van der Waals surface area contributed by atoms with Gasteiger partial charge in [0.05, 0.1) is 0 Å². The van der Waals surface area contributed by atoms with Crippen molar-refractivity contribution in [2.24, 2.45) is 5.73 Å². The maximum absolute atomic E-state index is 12.5. The first kappa shape index (κ1) is 9.00. The fourth-order valence-electron chi connectivity index (χ4n) is 1.06. The predicted octanol–water partition coefficient (Wildman–Crippen LogP) is 1.42. The van der Waals surface area contributed by atoms with Gasteiger partial charge in [0.2, 0.25) is 0 Å². The quantitative estimate of drug-likeness (QED) is 0.703. The molecule has 0 aliphatic carbocycles. The highest BCUT2D eigenvalue weighted by Gasteiger charge is 2.04. The van der Waals surface area contributed by atoms with Crippen molar-refractivity contribution in [1.29, 1.82) is 0 Å². The van der Waals surface area contributed by atoms with Crippen LogP contribution >= 0.6 is 0 Å². The molecular formula is C9H12FNO. The molecular weight excluding hydrogens is 157 g/mol. The molecule has 0 saturated heterocycles. The van der Waals surface area contributed by atoms with E-state index in [0.29, 0.717) is 12.0 Å². The highest BCUT2D eigenvalue weighted by atomic mass is 19.1. The maximum atomic E-state index is 12.5. The highest BCUT2D eigenvalue weighted by molar-refractivity contribution is 5.33. The van der Waals surface area contributed by atoms with Crippen LogP contribution in [0.15, 0.2) is 18.2 Å². The fraction of sp³-hybridized carbons (Fsp3) is 0.333. The van der Waals surface area contributed by atoms with Crippen LogP contribution in [-0.2, 0) is 6.42 Å². The Hall–Kier alpha value is -1.09. The molecule has 0 amide bonds. The summed E-state index contributed by atoms with van der Waals surface area (Å²) >= 11 is 0. The average Bonchev–Trinajstić information content (AvgIpc) is 1.94. The molecule has 0 spiro atoms. The Morgan fingerprint density at radius 2 is 2.25 bits per heavy atom. The van der Waals surface area contributed by atoms with E-state index in [9.17, 15) is 9.50 Å². The predicted molar refractivity (Wildman–Crippen MR) is 45.4 cm³/mol. The highest BCUT2D eigenvalue weighted by Crippen LogP contribution is 2.18. The van der Waals surface area contributed by atoms with E-state index in [1.54, 1.807) is 6.07 Å². The normalized spacial score (nSPS) is 12.9. The molecule has 3 N–H and O–H groups in total. The van der Waals surface area contributed by atoms with Gasteiger partial charge in [0.15, 0.2) is 0 Å². The Morgan fingerprint density at radius 1 is 1.58 bits per heavy atom. The first-order chi connectivity index (χ1) is 5.59. The number of rotatable bonds is 2. The topological polar surface area (TPSA) is 46.2 Å². The van der Waals surface area contributed by atoms with Gasteiger partial charge in [0, 0.05) is 12.1 Å². The molecule has 2 nitrogen and oxygen atoms in total. The Balaban J connectivity index is 2.86. The molecule has 1 atom stereocenters. The van der Waals surface area contributed by atoms with Gasteiger partial charge in [-0.25, -0.2) is 4.39 Å². The minimum atomic E-state index is -0.430. The van der Waals surface area contributed by atoms with Gasteiger partial charge in [-0.2, -0.15) is 0 Å². The molecule has 0 radical (unpaired) electrons. The molecule has 1 aromatic rings. The smallest absolute Gasteiger partial charge is 0.126 e. The molecule has 0 heterocycles. The van der Waals surface area contributed by atoms with Gasteiger partial charge in [0.25, 0.3) is 0 Å². The minimum absolute atomic E-state index is 0.0210. The zero-order valence-corrected chi connectivity index (χ0v) is 6.92. The second kappa shape index (κ2) is 3.54. The summed E-state index contributed by atoms with van der Waals surface area (Å²) < 4.78 is 12.5. The van der Waals surface area contributed by atoms with Crippen molar-refractivity contribution in [2.45, 2.75) is 19.4 Å². The molecule has 0 saturated carbocycles. The molecule has 0 bridgehead atoms. The maximum Gasteiger partial charge on any atom is 0.126 e. The van der Waals surface area contributed by atoms with Crippen molar-refractivity contribution in [1.82, 2.24) is 0 Å². The van der Waals surface area contributed by atoms with Gasteiger partial charge in [0.1, 0.15) is 11.6 Å². The van der Waals surface area contributed by atoms with Crippen molar-refractivity contribution < 1.29 is 9.50 Å². The van der Waals surface area contributed by atoms with Gasteiger partial charge < -0.3 is 10.8 Å². The number of benzene rings is 1. The lowest BCUT2D eigenvalue weighted by Gasteiger charge is -2.06. The first-order valence-corrected chi connectivity index (χ1v) is 3.82. The van der Waals surface area contributed by atoms with Crippen LogP contribution in [0.3, 0.4) is 0 Å². The second-order valence-electron chi connectivity index (χ2n) is 2.95. The van der Waals surface area contributed by atoms with Crippen LogP contribution in [0.5, 0.6) is 5.75 Å². The van der Waals surface area contributed by atoms with Gasteiger partial charge >= 0.3 is 0 Å². The van der Waals surface area contributed by atoms with E-state index < -0.39 is 5.82 Å². The second-order valence-corrected chi connectivity index (χ2v) is 2.95. The van der Waals surface area contributed by atoms with Gasteiger partial charge in [-0.15, -0.1) is 0 Å². The number of phenols is 1. The number of nitrogens with two attached hydrogens (primary N) is 1. The number of aromatic hydroxyl groups is 1. The van der Waals surface area contributed by atoms with Crippen LogP contribution < -0.4 is 5.73 Å². The Kier molecular flexibility index (Phi) is 2.65. The molecule has 0 aliphatic rings. The molecule has 0 aromatic heterocycles. The van der Waals surface area contributed by atoms with Crippen LogP contribution in [0.2, 0.25) is 0 Å². The van der Waals surface area contributed by atoms with Crippen molar-refractivity contribution >= 4 is 0 Å². The zero-order chi connectivity index (χ0) is 9.14. The van der Waals surface area contributed by atoms with Crippen molar-refractivity contribution in [3.63, 3.8) is 0 Å². The molecule has 0 aliphatic heterocycles. The summed E-state index contributed by atoms with van der Waals surface area (Å²) in [4.78, 5) is 0. The van der Waals surface area contributed by atoms with Crippen LogP contribution in [0.1, 0.15) is 12.5 Å². The molecule has 1 aromatic carbocycles. The summed E-state index contributed by atoms with van der Waals surface area (Å²) in [7, 11) is 0. The summed E-state index contributed by atoms with van der Waals surface area (Å²) in [6, 6.07) is 3.93. The third kappa shape index (κ3) is 2.20. The van der Waals surface area contributed by atoms with E-state index in [1.165, 1.54) is 6.07 Å². The summed E-state index contributed by atoms with van der Waals surface area (Å²) in [5.41, 5.74) is 6.21. The van der Waals surface area contributed by atoms with E-state index in [0.717, 1.165) is 6.07 Å². The molecule has 0 fully saturated rings. The monoisotopic (exact) mass is 169 g/mol. The van der Waals surface area contributed by atoms with Gasteiger partial charge in [-0.05, 0) is 25.0 Å². The van der Waals surface area contributed by atoms with Crippen molar-refractivity contribution in [3.05, 3.63) is 29.6 Å². The third-order valence-corrected chi connectivity index (χ3v) is 1.59. The van der Waals surface area contributed by atoms with E-state index in [-0.39, 0.29) is 11.8 Å². The van der Waals surface area contributed by atoms with Crippen LogP contribution in [-0.4, -0.2) is 11.1 Å². The lowest BCUT2D eigenvalue weighted by molar-refractivity contribution is 0.459. The number of hydrogen-bond acceptors (Lipinski definition) is 2. The summed E-state index contributed by atoms with van der Waals surface area (Å²) in [5, 5.41) is 9.24. The summed E-state index contributed by atoms with van der Waals surface area (Å²) in [5.74, 6) is -0.451. The largest absolute Gasteiger partial charge is 0.508 e. The Labute approximate surface area is 70.8 Å². The van der Waals surface area contributed by atoms with Crippen LogP contribution in [0.4, 0.5) is 4.39 Å². The fourth-order valence-corrected chi connectivity index (χ4v) is 1.06. The molecule has 12 heavy (non-hydrogen) atoms. The average molecular weight is 169 g/mol. The SMILES string of the molecule is CC(N)Cc1ccc(F)cc1O. The number of hydrogen-bond donors (Lipinski definition) is 2. The number of halogens is 1. The summed E-state index contributed by atoms with van der Waals surface area (Å²) in [6.45, 7) is 1.84. The lowest BCUT2D eigenvalue weighted by atomic mass is 10.1. The van der Waals surface area contributed by atoms with E-state index in [4.69, 9.17) is 5.73 Å². The molecule has 66 valence electrons. The Morgan fingerprint density at radius 3 is 2.75 bits per heavy atom. The standard InChI is InChI=1S/C9H12FNO/c1-6(11)4-7-2-3-8(10)5-9(7)12/h2-3,5-6,12H,4,11H2,1H3. The van der Waals surface area contributed by atoms with Crippen molar-refractivity contribution in [3.8, 4) is 5.75 Å². The first-order valence-electron chi connectivity index (χ1n) is 3.82. The van der Waals surface area contributed by atoms with Gasteiger partial charge in [-0.1, -0.05) is 6.07 Å². The summed E-state index contributed by atoms with van der Waals surface area (Å²) in [6.07, 6.45) is 0.562. The van der Waals surface area contributed by atoms with Crippen LogP contribution in [0, 0.1) is 5.82 Å². The Bertz CT molecular complexity index is 273. The number of phenolic OH excluding ortho intramolecular Hbond substituents is 1. The van der Waals surface area contributed by atoms with Crippen LogP contribution in [0.25, 0.3) is 0 Å². The van der Waals surface area contributed by atoms with E-state index >= 15 is 0 Å². The lowest BCUT2D eigenvalue weighted by Crippen LogP contribution is -2.17. The molecule has 1 unspecified atom stereocenters. The third-order valence-electron chi connectivity index (χ3n) is 1.59. The van der Waals surface area contributed by atoms with E-state index in [1.807, 2.05) is 6.92 Å². The molecule has 3 heteroatoms. The zero-order valence-electron chi connectivity index (χ0n) is 6.92. The molecule has 1 rings (SSSR count). The van der Waals surface area contributed by atoms with Crippen molar-refractivity contribution in [2.75, 3.05) is 0 Å². The minimum Gasteiger partial charge on any atom is -0.508 e. The van der Waals surface area contributed by atoms with Gasteiger partial charge in [-0.3, -0.25) is 0 Å². The van der Waals surface area contributed by atoms with E-state index in [2.05, 4.69) is 0 Å².